The minimum atomic E-state index is -0.0628. The van der Waals surface area contributed by atoms with Gasteiger partial charge in [0.2, 0.25) is 5.91 Å². The first-order chi connectivity index (χ1) is 10.7. The van der Waals surface area contributed by atoms with Crippen LogP contribution in [0.15, 0.2) is 53.6 Å². The molecule has 0 aliphatic heterocycles. The average molecular weight is 312 g/mol. The average Bonchev–Trinajstić information content (AvgIpc) is 2.89. The Kier molecular flexibility index (Phi) is 4.06. The summed E-state index contributed by atoms with van der Waals surface area (Å²) in [6, 6.07) is 12.9. The maximum absolute atomic E-state index is 12.2. The number of benzene rings is 2. The molecule has 0 radical (unpaired) electrons. The standard InChI is InChI=1S/C17H16N2O2S/c1-22-14-4-2-3-12(8-14)19-17(21)7-11-10-18-16-9-13(20)5-6-15(11)16/h2-6,8-10,18,20H,7H2,1H3,(H,19,21). The van der Waals surface area contributed by atoms with E-state index < -0.39 is 0 Å². The molecule has 1 aromatic heterocycles. The number of carbonyl (C=O) groups excluding carboxylic acids is 1. The van der Waals surface area contributed by atoms with Gasteiger partial charge in [0.05, 0.1) is 6.42 Å². The van der Waals surface area contributed by atoms with Gasteiger partial charge < -0.3 is 15.4 Å². The van der Waals surface area contributed by atoms with Crippen LogP contribution >= 0.6 is 11.8 Å². The Morgan fingerprint density at radius 1 is 1.27 bits per heavy atom. The number of rotatable bonds is 4. The molecule has 0 aliphatic carbocycles. The number of phenols is 1. The molecule has 0 aliphatic rings. The van der Waals surface area contributed by atoms with Crippen LogP contribution in [-0.4, -0.2) is 22.3 Å². The summed E-state index contributed by atoms with van der Waals surface area (Å²) in [5.74, 6) is 0.145. The summed E-state index contributed by atoms with van der Waals surface area (Å²) in [7, 11) is 0. The molecule has 0 spiro atoms. The van der Waals surface area contributed by atoms with Crippen molar-refractivity contribution in [3.05, 3.63) is 54.2 Å². The second-order valence-corrected chi connectivity index (χ2v) is 5.88. The van der Waals surface area contributed by atoms with E-state index in [1.807, 2.05) is 42.8 Å². The number of H-pyrrole nitrogens is 1. The van der Waals surface area contributed by atoms with Crippen molar-refractivity contribution >= 4 is 34.3 Å². The van der Waals surface area contributed by atoms with Gasteiger partial charge in [-0.1, -0.05) is 6.07 Å². The lowest BCUT2D eigenvalue weighted by molar-refractivity contribution is -0.115. The summed E-state index contributed by atoms with van der Waals surface area (Å²) in [6.45, 7) is 0. The van der Waals surface area contributed by atoms with E-state index in [1.165, 1.54) is 0 Å². The van der Waals surface area contributed by atoms with Gasteiger partial charge in [-0.15, -0.1) is 11.8 Å². The van der Waals surface area contributed by atoms with Crippen molar-refractivity contribution in [3.8, 4) is 5.75 Å². The zero-order chi connectivity index (χ0) is 15.5. The van der Waals surface area contributed by atoms with Crippen LogP contribution in [0.2, 0.25) is 0 Å². The molecule has 22 heavy (non-hydrogen) atoms. The number of hydrogen-bond acceptors (Lipinski definition) is 3. The number of carbonyl (C=O) groups is 1. The molecule has 1 heterocycles. The molecule has 0 bridgehead atoms. The highest BCUT2D eigenvalue weighted by molar-refractivity contribution is 7.98. The molecule has 112 valence electrons. The highest BCUT2D eigenvalue weighted by Crippen LogP contribution is 2.23. The summed E-state index contributed by atoms with van der Waals surface area (Å²) in [5, 5.41) is 13.3. The van der Waals surface area contributed by atoms with Crippen molar-refractivity contribution in [1.29, 1.82) is 0 Å². The number of aromatic nitrogens is 1. The lowest BCUT2D eigenvalue weighted by Crippen LogP contribution is -2.14. The summed E-state index contributed by atoms with van der Waals surface area (Å²) < 4.78 is 0. The van der Waals surface area contributed by atoms with Crippen molar-refractivity contribution in [2.75, 3.05) is 11.6 Å². The molecular formula is C17H16N2O2S. The Hall–Kier alpha value is -2.40. The minimum absolute atomic E-state index is 0.0628. The molecule has 3 aromatic rings. The zero-order valence-electron chi connectivity index (χ0n) is 12.1. The van der Waals surface area contributed by atoms with Crippen molar-refractivity contribution in [2.45, 2.75) is 11.3 Å². The third-order valence-corrected chi connectivity index (χ3v) is 4.18. The highest BCUT2D eigenvalue weighted by atomic mass is 32.2. The van der Waals surface area contributed by atoms with Crippen LogP contribution in [0, 0.1) is 0 Å². The van der Waals surface area contributed by atoms with Crippen LogP contribution in [0.5, 0.6) is 5.75 Å². The third-order valence-electron chi connectivity index (χ3n) is 3.46. The number of anilines is 1. The number of amides is 1. The molecular weight excluding hydrogens is 296 g/mol. The van der Waals surface area contributed by atoms with Gasteiger partial charge in [-0.2, -0.15) is 0 Å². The quantitative estimate of drug-likeness (QED) is 0.642. The van der Waals surface area contributed by atoms with Gasteiger partial charge in [-0.3, -0.25) is 4.79 Å². The van der Waals surface area contributed by atoms with Crippen LogP contribution in [0.1, 0.15) is 5.56 Å². The minimum Gasteiger partial charge on any atom is -0.508 e. The monoisotopic (exact) mass is 312 g/mol. The van der Waals surface area contributed by atoms with Crippen LogP contribution in [-0.2, 0) is 11.2 Å². The van der Waals surface area contributed by atoms with E-state index >= 15 is 0 Å². The Balaban J connectivity index is 1.75. The van der Waals surface area contributed by atoms with Crippen molar-refractivity contribution in [3.63, 3.8) is 0 Å². The summed E-state index contributed by atoms with van der Waals surface area (Å²) in [5.41, 5.74) is 2.54. The summed E-state index contributed by atoms with van der Waals surface area (Å²) >= 11 is 1.64. The molecule has 0 unspecified atom stereocenters. The number of fused-ring (bicyclic) bond motifs is 1. The van der Waals surface area contributed by atoms with Crippen molar-refractivity contribution in [2.24, 2.45) is 0 Å². The molecule has 2 aromatic carbocycles. The van der Waals surface area contributed by atoms with E-state index in [1.54, 1.807) is 23.9 Å². The number of aromatic amines is 1. The fourth-order valence-corrected chi connectivity index (χ4v) is 2.86. The molecule has 3 N–H and O–H groups in total. The number of aromatic hydroxyl groups is 1. The normalized spacial score (nSPS) is 10.8. The Bertz CT molecular complexity index is 826. The van der Waals surface area contributed by atoms with Crippen LogP contribution in [0.3, 0.4) is 0 Å². The number of thioether (sulfide) groups is 1. The fraction of sp³-hybridized carbons (Fsp3) is 0.118. The van der Waals surface area contributed by atoms with E-state index in [-0.39, 0.29) is 18.1 Å². The Morgan fingerprint density at radius 3 is 2.95 bits per heavy atom. The zero-order valence-corrected chi connectivity index (χ0v) is 12.9. The molecule has 1 amide bonds. The molecule has 0 fully saturated rings. The van der Waals surface area contributed by atoms with E-state index in [9.17, 15) is 9.90 Å². The van der Waals surface area contributed by atoms with Gasteiger partial charge in [0.15, 0.2) is 0 Å². The van der Waals surface area contributed by atoms with E-state index in [0.717, 1.165) is 27.0 Å². The van der Waals surface area contributed by atoms with Crippen LogP contribution < -0.4 is 5.32 Å². The van der Waals surface area contributed by atoms with Gasteiger partial charge in [0.1, 0.15) is 5.75 Å². The summed E-state index contributed by atoms with van der Waals surface area (Å²) in [6.07, 6.45) is 4.10. The van der Waals surface area contributed by atoms with E-state index in [0.29, 0.717) is 0 Å². The Morgan fingerprint density at radius 2 is 2.14 bits per heavy atom. The van der Waals surface area contributed by atoms with Gasteiger partial charge in [0, 0.05) is 33.7 Å². The van der Waals surface area contributed by atoms with Crippen LogP contribution in [0.4, 0.5) is 5.69 Å². The third kappa shape index (κ3) is 3.09. The molecule has 0 saturated heterocycles. The number of hydrogen-bond donors (Lipinski definition) is 3. The highest BCUT2D eigenvalue weighted by Gasteiger charge is 2.09. The smallest absolute Gasteiger partial charge is 0.228 e. The summed E-state index contributed by atoms with van der Waals surface area (Å²) in [4.78, 5) is 16.4. The first-order valence-electron chi connectivity index (χ1n) is 6.88. The SMILES string of the molecule is CSc1cccc(NC(=O)Cc2c[nH]c3cc(O)ccc23)c1. The van der Waals surface area contributed by atoms with Gasteiger partial charge >= 0.3 is 0 Å². The number of nitrogens with one attached hydrogen (secondary N) is 2. The van der Waals surface area contributed by atoms with Gasteiger partial charge in [-0.25, -0.2) is 0 Å². The van der Waals surface area contributed by atoms with Crippen LogP contribution in [0.25, 0.3) is 10.9 Å². The maximum Gasteiger partial charge on any atom is 0.228 e. The molecule has 5 heteroatoms. The Labute approximate surface area is 132 Å². The maximum atomic E-state index is 12.2. The van der Waals surface area contributed by atoms with Crippen molar-refractivity contribution in [1.82, 2.24) is 4.98 Å². The topological polar surface area (TPSA) is 65.1 Å². The first-order valence-corrected chi connectivity index (χ1v) is 8.11. The molecule has 0 atom stereocenters. The van der Waals surface area contributed by atoms with Gasteiger partial charge in [0.25, 0.3) is 0 Å². The first kappa shape index (κ1) is 14.5. The molecule has 3 rings (SSSR count). The lowest BCUT2D eigenvalue weighted by atomic mass is 10.1. The lowest BCUT2D eigenvalue weighted by Gasteiger charge is -2.06. The van der Waals surface area contributed by atoms with Gasteiger partial charge in [-0.05, 0) is 42.2 Å². The number of phenolic OH excluding ortho intramolecular Hbond substituents is 1. The molecule has 4 nitrogen and oxygen atoms in total. The fourth-order valence-electron chi connectivity index (χ4n) is 2.40. The predicted octanol–water partition coefficient (Wildman–Crippen LogP) is 3.78. The second-order valence-electron chi connectivity index (χ2n) is 5.00. The van der Waals surface area contributed by atoms with E-state index in [4.69, 9.17) is 0 Å². The molecule has 0 saturated carbocycles. The largest absolute Gasteiger partial charge is 0.508 e. The van der Waals surface area contributed by atoms with E-state index in [2.05, 4.69) is 10.3 Å². The second kappa shape index (κ2) is 6.15. The van der Waals surface area contributed by atoms with Crippen molar-refractivity contribution < 1.29 is 9.90 Å². The predicted molar refractivity (Wildman–Crippen MR) is 90.5 cm³/mol.